The molecule has 6 N–H and O–H groups in total. The molecular formula is C10H19NO7. The molecule has 8 heteroatoms. The summed E-state index contributed by atoms with van der Waals surface area (Å²) in [6.45, 7) is 1.06. The molecule has 1 heterocycles. The average Bonchev–Trinajstić information content (AvgIpc) is 2.32. The van der Waals surface area contributed by atoms with E-state index in [1.807, 2.05) is 5.32 Å². The van der Waals surface area contributed by atoms with E-state index in [2.05, 4.69) is 0 Å². The lowest BCUT2D eigenvalue weighted by Crippen LogP contribution is -2.71. The first-order valence-electron chi connectivity index (χ1n) is 5.72. The van der Waals surface area contributed by atoms with Gasteiger partial charge in [0.15, 0.2) is 6.10 Å². The van der Waals surface area contributed by atoms with Crippen LogP contribution in [0.15, 0.2) is 0 Å². The van der Waals surface area contributed by atoms with E-state index in [1.54, 1.807) is 6.92 Å². The van der Waals surface area contributed by atoms with Gasteiger partial charge in [0.05, 0.1) is 6.61 Å². The maximum absolute atomic E-state index is 11.4. The Morgan fingerprint density at radius 3 is 2.44 bits per heavy atom. The van der Waals surface area contributed by atoms with Crippen LogP contribution in [0, 0.1) is 0 Å². The highest BCUT2D eigenvalue weighted by Crippen LogP contribution is 2.26. The molecule has 0 radical (unpaired) electrons. The second kappa shape index (κ2) is 5.91. The molecule has 0 aromatic heterocycles. The number of aliphatic hydroxyl groups excluding tert-OH is 4. The van der Waals surface area contributed by atoms with Crippen LogP contribution in [0.4, 0.5) is 0 Å². The summed E-state index contributed by atoms with van der Waals surface area (Å²) in [6, 6.07) is 0. The van der Waals surface area contributed by atoms with Gasteiger partial charge in [0.25, 0.3) is 5.91 Å². The normalized spacial score (nSPS) is 40.6. The second-order valence-corrected chi connectivity index (χ2v) is 4.26. The Bertz CT molecular complexity index is 298. The van der Waals surface area contributed by atoms with Gasteiger partial charge in [-0.3, -0.25) is 4.79 Å². The molecule has 0 aliphatic carbocycles. The predicted octanol–water partition coefficient (Wildman–Crippen LogP) is -2.98. The molecular weight excluding hydrogens is 246 g/mol. The van der Waals surface area contributed by atoms with Crippen LogP contribution in [0.1, 0.15) is 19.8 Å². The number of ether oxygens (including phenoxy) is 1. The highest BCUT2D eigenvalue weighted by molar-refractivity contribution is 5.76. The van der Waals surface area contributed by atoms with Crippen molar-refractivity contribution in [2.45, 2.75) is 50.1 Å². The molecule has 0 aromatic carbocycles. The van der Waals surface area contributed by atoms with Gasteiger partial charge in [0.2, 0.25) is 5.91 Å². The molecule has 1 aliphatic rings. The van der Waals surface area contributed by atoms with Crippen molar-refractivity contribution in [2.24, 2.45) is 0 Å². The lowest BCUT2D eigenvalue weighted by atomic mass is 9.96. The number of nitrogens with one attached hydrogen (secondary N) is 1. The van der Waals surface area contributed by atoms with Gasteiger partial charge >= 0.3 is 0 Å². The van der Waals surface area contributed by atoms with E-state index in [0.717, 1.165) is 0 Å². The Labute approximate surface area is 104 Å². The molecule has 0 bridgehead atoms. The van der Waals surface area contributed by atoms with Crippen LogP contribution in [0.2, 0.25) is 0 Å². The molecule has 1 saturated heterocycles. The molecule has 1 rings (SSSR count). The predicted molar refractivity (Wildman–Crippen MR) is 58.0 cm³/mol. The van der Waals surface area contributed by atoms with E-state index in [1.165, 1.54) is 0 Å². The fraction of sp³-hybridized carbons (Fsp3) is 0.900. The number of carbonyl (C=O) groups is 1. The second-order valence-electron chi connectivity index (χ2n) is 4.26. The number of hydrogen-bond donors (Lipinski definition) is 6. The van der Waals surface area contributed by atoms with Crippen molar-refractivity contribution in [1.29, 1.82) is 0 Å². The number of rotatable bonds is 4. The number of amides is 1. The van der Waals surface area contributed by atoms with Gasteiger partial charge in [-0.15, -0.1) is 0 Å². The molecule has 0 unspecified atom stereocenters. The average molecular weight is 265 g/mol. The molecule has 0 aromatic rings. The van der Waals surface area contributed by atoms with E-state index in [4.69, 9.17) is 9.84 Å². The van der Waals surface area contributed by atoms with Crippen molar-refractivity contribution in [1.82, 2.24) is 5.32 Å². The van der Waals surface area contributed by atoms with Crippen molar-refractivity contribution in [2.75, 3.05) is 6.61 Å². The Morgan fingerprint density at radius 1 is 1.33 bits per heavy atom. The van der Waals surface area contributed by atoms with Crippen LogP contribution < -0.4 is 5.32 Å². The minimum absolute atomic E-state index is 0.0980. The summed E-state index contributed by atoms with van der Waals surface area (Å²) in [7, 11) is 0. The highest BCUT2D eigenvalue weighted by Gasteiger charge is 2.53. The van der Waals surface area contributed by atoms with Gasteiger partial charge in [-0.05, 0) is 6.42 Å². The maximum Gasteiger partial charge on any atom is 0.279 e. The fourth-order valence-electron chi connectivity index (χ4n) is 1.75. The van der Waals surface area contributed by atoms with Crippen LogP contribution in [0.25, 0.3) is 0 Å². The van der Waals surface area contributed by atoms with E-state index >= 15 is 0 Å². The minimum atomic E-state index is -2.53. The summed E-state index contributed by atoms with van der Waals surface area (Å²) in [4.78, 5) is 11.4. The third-order valence-electron chi connectivity index (χ3n) is 2.76. The largest absolute Gasteiger partial charge is 0.394 e. The van der Waals surface area contributed by atoms with Gasteiger partial charge in [-0.2, -0.15) is 0 Å². The zero-order valence-electron chi connectivity index (χ0n) is 9.98. The third kappa shape index (κ3) is 2.97. The smallest absolute Gasteiger partial charge is 0.279 e. The summed E-state index contributed by atoms with van der Waals surface area (Å²) >= 11 is 0. The molecule has 1 fully saturated rings. The van der Waals surface area contributed by atoms with Crippen LogP contribution in [-0.4, -0.2) is 68.4 Å². The van der Waals surface area contributed by atoms with Crippen molar-refractivity contribution in [3.8, 4) is 0 Å². The van der Waals surface area contributed by atoms with Crippen LogP contribution in [0.3, 0.4) is 0 Å². The summed E-state index contributed by atoms with van der Waals surface area (Å²) in [5, 5.41) is 49.5. The molecule has 0 spiro atoms. The molecule has 8 nitrogen and oxygen atoms in total. The Hall–Kier alpha value is -0.770. The van der Waals surface area contributed by atoms with Crippen molar-refractivity contribution in [3.05, 3.63) is 0 Å². The fourth-order valence-corrected chi connectivity index (χ4v) is 1.75. The van der Waals surface area contributed by atoms with Gasteiger partial charge in [-0.25, -0.2) is 0 Å². The van der Waals surface area contributed by atoms with Gasteiger partial charge in [0, 0.05) is 6.42 Å². The molecule has 5 atom stereocenters. The number of carbonyl (C=O) groups excluding carboxylic acids is 1. The lowest BCUT2D eigenvalue weighted by molar-refractivity contribution is -0.358. The van der Waals surface area contributed by atoms with Crippen LogP contribution >= 0.6 is 0 Å². The third-order valence-corrected chi connectivity index (χ3v) is 2.76. The summed E-state index contributed by atoms with van der Waals surface area (Å²) in [5.41, 5.74) is 0. The first kappa shape index (κ1) is 15.3. The van der Waals surface area contributed by atoms with E-state index in [-0.39, 0.29) is 6.42 Å². The first-order chi connectivity index (χ1) is 8.35. The maximum atomic E-state index is 11.4. The van der Waals surface area contributed by atoms with Crippen molar-refractivity contribution >= 4 is 5.91 Å². The monoisotopic (exact) mass is 265 g/mol. The Balaban J connectivity index is 2.81. The van der Waals surface area contributed by atoms with Gasteiger partial charge < -0.3 is 35.6 Å². The number of aliphatic hydroxyl groups is 5. The molecule has 1 amide bonds. The molecule has 18 heavy (non-hydrogen) atoms. The molecule has 1 aliphatic heterocycles. The topological polar surface area (TPSA) is 139 Å². The van der Waals surface area contributed by atoms with Gasteiger partial charge in [-0.1, -0.05) is 6.92 Å². The zero-order valence-corrected chi connectivity index (χ0v) is 9.98. The van der Waals surface area contributed by atoms with E-state index < -0.39 is 42.8 Å². The van der Waals surface area contributed by atoms with Gasteiger partial charge in [0.1, 0.15) is 18.3 Å². The SMILES string of the molecule is CCCC(=O)N[C@@]1(O)O[C@H](CO)[C@@H](O)[C@H](O)[C@@H]1O. The van der Waals surface area contributed by atoms with E-state index in [9.17, 15) is 25.2 Å². The highest BCUT2D eigenvalue weighted by atomic mass is 16.7. The Kier molecular flexibility index (Phi) is 5.02. The minimum Gasteiger partial charge on any atom is -0.394 e. The summed E-state index contributed by atoms with van der Waals surface area (Å²) in [5.74, 6) is -3.11. The Morgan fingerprint density at radius 2 is 1.94 bits per heavy atom. The summed E-state index contributed by atoms with van der Waals surface area (Å²) in [6.07, 6.45) is -5.92. The molecule has 106 valence electrons. The molecule has 0 saturated carbocycles. The van der Waals surface area contributed by atoms with Crippen molar-refractivity contribution < 1.29 is 35.1 Å². The van der Waals surface area contributed by atoms with Crippen molar-refractivity contribution in [3.63, 3.8) is 0 Å². The summed E-state index contributed by atoms with van der Waals surface area (Å²) < 4.78 is 4.85. The zero-order chi connectivity index (χ0) is 13.9. The first-order valence-corrected chi connectivity index (χ1v) is 5.72. The van der Waals surface area contributed by atoms with Crippen LogP contribution in [-0.2, 0) is 9.53 Å². The lowest BCUT2D eigenvalue weighted by Gasteiger charge is -2.45. The van der Waals surface area contributed by atoms with Crippen LogP contribution in [0.5, 0.6) is 0 Å². The standard InChI is InChI=1S/C10H19NO7/c1-2-3-6(13)11-10(17)9(16)8(15)7(14)5(4-12)18-10/h5,7-9,12,14-17H,2-4H2,1H3,(H,11,13)/t5-,7-,8+,9+,10+/m1/s1. The quantitative estimate of drug-likeness (QED) is 0.298. The number of hydrogen-bond acceptors (Lipinski definition) is 7. The van der Waals surface area contributed by atoms with E-state index in [0.29, 0.717) is 6.42 Å².